The number of benzene rings is 1. The van der Waals surface area contributed by atoms with Crippen LogP contribution in [0.4, 0.5) is 8.78 Å². The molecule has 0 aliphatic rings. The van der Waals surface area contributed by atoms with Crippen LogP contribution >= 0.6 is 0 Å². The van der Waals surface area contributed by atoms with Crippen LogP contribution in [-0.4, -0.2) is 19.2 Å². The molecule has 0 radical (unpaired) electrons. The fourth-order valence-electron chi connectivity index (χ4n) is 1.55. The molecule has 1 heterocycles. The summed E-state index contributed by atoms with van der Waals surface area (Å²) in [7, 11) is 2.79. The van der Waals surface area contributed by atoms with E-state index in [0.29, 0.717) is 11.4 Å². The largest absolute Gasteiger partial charge is 0.495 e. The lowest BCUT2D eigenvalue weighted by Gasteiger charge is -2.07. The predicted octanol–water partition coefficient (Wildman–Crippen LogP) is 3.04. The van der Waals surface area contributed by atoms with Gasteiger partial charge in [0.15, 0.2) is 11.6 Å². The summed E-state index contributed by atoms with van der Waals surface area (Å²) in [5.74, 6) is -1.59. The van der Waals surface area contributed by atoms with Gasteiger partial charge < -0.3 is 9.47 Å². The Kier molecular flexibility index (Phi) is 3.41. The van der Waals surface area contributed by atoms with Crippen LogP contribution in [0.15, 0.2) is 30.5 Å². The maximum atomic E-state index is 13.8. The molecule has 1 aromatic heterocycles. The first-order valence-electron chi connectivity index (χ1n) is 5.19. The maximum Gasteiger partial charge on any atom is 0.201 e. The molecule has 0 amide bonds. The number of hydrogen-bond acceptors (Lipinski definition) is 3. The monoisotopic (exact) mass is 251 g/mol. The van der Waals surface area contributed by atoms with Crippen molar-refractivity contribution in [1.29, 1.82) is 0 Å². The average Bonchev–Trinajstić information content (AvgIpc) is 2.42. The molecule has 3 nitrogen and oxygen atoms in total. The Labute approximate surface area is 103 Å². The highest BCUT2D eigenvalue weighted by Crippen LogP contribution is 2.29. The molecule has 1 aromatic carbocycles. The topological polar surface area (TPSA) is 31.4 Å². The minimum absolute atomic E-state index is 0.0796. The Morgan fingerprint density at radius 3 is 2.28 bits per heavy atom. The van der Waals surface area contributed by atoms with Gasteiger partial charge in [-0.2, -0.15) is 4.39 Å². The number of rotatable bonds is 3. The van der Waals surface area contributed by atoms with Gasteiger partial charge in [-0.05, 0) is 24.3 Å². The minimum Gasteiger partial charge on any atom is -0.495 e. The second-order valence-corrected chi connectivity index (χ2v) is 3.53. The first kappa shape index (κ1) is 12.3. The van der Waals surface area contributed by atoms with Gasteiger partial charge in [0, 0.05) is 5.56 Å². The van der Waals surface area contributed by atoms with Crippen molar-refractivity contribution in [3.8, 4) is 22.8 Å². The van der Waals surface area contributed by atoms with E-state index in [-0.39, 0.29) is 11.3 Å². The molecule has 0 N–H and O–H groups in total. The Hall–Kier alpha value is -2.17. The van der Waals surface area contributed by atoms with E-state index in [0.717, 1.165) is 0 Å². The van der Waals surface area contributed by atoms with E-state index < -0.39 is 11.6 Å². The summed E-state index contributed by atoms with van der Waals surface area (Å²) >= 11 is 0. The van der Waals surface area contributed by atoms with E-state index in [9.17, 15) is 8.78 Å². The van der Waals surface area contributed by atoms with Crippen molar-refractivity contribution in [2.24, 2.45) is 0 Å². The van der Waals surface area contributed by atoms with Gasteiger partial charge in [-0.25, -0.2) is 4.39 Å². The molecule has 0 spiro atoms. The molecule has 0 saturated carbocycles. The minimum atomic E-state index is -1.02. The molecule has 0 unspecified atom stereocenters. The molecule has 18 heavy (non-hydrogen) atoms. The Morgan fingerprint density at radius 1 is 0.944 bits per heavy atom. The number of ether oxygens (including phenoxy) is 2. The van der Waals surface area contributed by atoms with Gasteiger partial charge in [0.25, 0.3) is 0 Å². The van der Waals surface area contributed by atoms with Crippen molar-refractivity contribution < 1.29 is 18.3 Å². The molecule has 0 fully saturated rings. The standard InChI is InChI=1S/C13H11F2NO2/c1-17-8-3-5-10(16-7-8)9-4-6-11(18-2)13(15)12(9)14/h3-7H,1-2H3. The number of aromatic nitrogens is 1. The highest BCUT2D eigenvalue weighted by atomic mass is 19.2. The molecule has 0 bridgehead atoms. The molecule has 5 heteroatoms. The molecule has 0 aliphatic heterocycles. The Bertz CT molecular complexity index is 556. The summed E-state index contributed by atoms with van der Waals surface area (Å²) in [5.41, 5.74) is 0.408. The first-order valence-corrected chi connectivity index (χ1v) is 5.19. The third-order valence-corrected chi connectivity index (χ3v) is 2.51. The normalized spacial score (nSPS) is 10.2. The molecular formula is C13H11F2NO2. The molecular weight excluding hydrogens is 240 g/mol. The second kappa shape index (κ2) is 5.00. The van der Waals surface area contributed by atoms with Crippen LogP contribution in [0.2, 0.25) is 0 Å². The van der Waals surface area contributed by atoms with Gasteiger partial charge in [-0.15, -0.1) is 0 Å². The Balaban J connectivity index is 2.47. The third kappa shape index (κ3) is 2.11. The van der Waals surface area contributed by atoms with Gasteiger partial charge in [0.2, 0.25) is 5.82 Å². The quantitative estimate of drug-likeness (QED) is 0.840. The number of hydrogen-bond donors (Lipinski definition) is 0. The van der Waals surface area contributed by atoms with Crippen molar-refractivity contribution in [2.45, 2.75) is 0 Å². The van der Waals surface area contributed by atoms with Crippen LogP contribution in [0, 0.1) is 11.6 Å². The van der Waals surface area contributed by atoms with Gasteiger partial charge in [0.05, 0.1) is 26.1 Å². The first-order chi connectivity index (χ1) is 8.67. The lowest BCUT2D eigenvalue weighted by atomic mass is 10.1. The van der Waals surface area contributed by atoms with E-state index >= 15 is 0 Å². The lowest BCUT2D eigenvalue weighted by molar-refractivity contribution is 0.372. The van der Waals surface area contributed by atoms with Crippen LogP contribution in [0.5, 0.6) is 11.5 Å². The Morgan fingerprint density at radius 2 is 1.72 bits per heavy atom. The molecule has 2 rings (SSSR count). The molecule has 0 atom stereocenters. The van der Waals surface area contributed by atoms with Crippen LogP contribution in [-0.2, 0) is 0 Å². The van der Waals surface area contributed by atoms with Crippen molar-refractivity contribution in [1.82, 2.24) is 4.98 Å². The second-order valence-electron chi connectivity index (χ2n) is 3.53. The van der Waals surface area contributed by atoms with Gasteiger partial charge in [0.1, 0.15) is 5.75 Å². The zero-order valence-electron chi connectivity index (χ0n) is 9.91. The van der Waals surface area contributed by atoms with E-state index in [2.05, 4.69) is 4.98 Å². The SMILES string of the molecule is COc1ccc(-c2ccc(OC)c(F)c2F)nc1. The van der Waals surface area contributed by atoms with Crippen LogP contribution < -0.4 is 9.47 Å². The predicted molar refractivity (Wildman–Crippen MR) is 62.7 cm³/mol. The summed E-state index contributed by atoms with van der Waals surface area (Å²) in [5, 5.41) is 0. The van der Waals surface area contributed by atoms with E-state index in [1.54, 1.807) is 12.1 Å². The van der Waals surface area contributed by atoms with E-state index in [1.807, 2.05) is 0 Å². The zero-order valence-corrected chi connectivity index (χ0v) is 9.91. The number of pyridine rings is 1. The van der Waals surface area contributed by atoms with Gasteiger partial charge in [-0.3, -0.25) is 4.98 Å². The van der Waals surface area contributed by atoms with Crippen LogP contribution in [0.1, 0.15) is 0 Å². The summed E-state index contributed by atoms with van der Waals surface area (Å²) in [6.07, 6.45) is 1.44. The molecule has 0 saturated heterocycles. The highest BCUT2D eigenvalue weighted by molar-refractivity contribution is 5.61. The number of nitrogens with zero attached hydrogens (tertiary/aromatic N) is 1. The van der Waals surface area contributed by atoms with E-state index in [4.69, 9.17) is 9.47 Å². The molecule has 0 aliphatic carbocycles. The van der Waals surface area contributed by atoms with Crippen LogP contribution in [0.25, 0.3) is 11.3 Å². The summed E-state index contributed by atoms with van der Waals surface area (Å²) < 4.78 is 37.0. The van der Waals surface area contributed by atoms with Gasteiger partial charge >= 0.3 is 0 Å². The average molecular weight is 251 g/mol. The fourth-order valence-corrected chi connectivity index (χ4v) is 1.55. The van der Waals surface area contributed by atoms with Crippen molar-refractivity contribution >= 4 is 0 Å². The molecule has 2 aromatic rings. The van der Waals surface area contributed by atoms with Crippen molar-refractivity contribution in [3.05, 3.63) is 42.1 Å². The highest BCUT2D eigenvalue weighted by Gasteiger charge is 2.15. The van der Waals surface area contributed by atoms with Crippen LogP contribution in [0.3, 0.4) is 0 Å². The lowest BCUT2D eigenvalue weighted by Crippen LogP contribution is -1.96. The van der Waals surface area contributed by atoms with E-state index in [1.165, 1.54) is 32.5 Å². The zero-order chi connectivity index (χ0) is 13.1. The summed E-state index contributed by atoms with van der Waals surface area (Å²) in [6.45, 7) is 0. The number of halogens is 2. The van der Waals surface area contributed by atoms with Crippen molar-refractivity contribution in [2.75, 3.05) is 14.2 Å². The summed E-state index contributed by atoms with van der Waals surface area (Å²) in [6, 6.07) is 5.97. The van der Waals surface area contributed by atoms with Gasteiger partial charge in [-0.1, -0.05) is 0 Å². The van der Waals surface area contributed by atoms with Crippen molar-refractivity contribution in [3.63, 3.8) is 0 Å². The maximum absolute atomic E-state index is 13.8. The molecule has 94 valence electrons. The fraction of sp³-hybridized carbons (Fsp3) is 0.154. The smallest absolute Gasteiger partial charge is 0.201 e. The number of methoxy groups -OCH3 is 2. The summed E-state index contributed by atoms with van der Waals surface area (Å²) in [4.78, 5) is 4.00. The third-order valence-electron chi connectivity index (χ3n) is 2.51.